The highest BCUT2D eigenvalue weighted by atomic mass is 16.6. The average molecular weight is 378 g/mol. The van der Waals surface area contributed by atoms with Gasteiger partial charge in [0.25, 0.3) is 0 Å². The number of hydrogen-bond acceptors (Lipinski definition) is 7. The number of fused-ring (bicyclic) bond motifs is 2. The van der Waals surface area contributed by atoms with Crippen molar-refractivity contribution in [2.75, 3.05) is 19.8 Å². The van der Waals surface area contributed by atoms with Crippen LogP contribution in [0.1, 0.15) is 32.1 Å². The van der Waals surface area contributed by atoms with Crippen LogP contribution in [0.3, 0.4) is 0 Å². The smallest absolute Gasteiger partial charge is 0.338 e. The van der Waals surface area contributed by atoms with Crippen molar-refractivity contribution in [3.8, 4) is 11.5 Å². The van der Waals surface area contributed by atoms with Crippen molar-refractivity contribution in [2.24, 2.45) is 0 Å². The third-order valence-corrected chi connectivity index (χ3v) is 4.51. The number of aromatic nitrogens is 2. The second kappa shape index (κ2) is 7.26. The van der Waals surface area contributed by atoms with Gasteiger partial charge in [-0.1, -0.05) is 0 Å². The van der Waals surface area contributed by atoms with Crippen LogP contribution >= 0.6 is 0 Å². The molecule has 0 spiro atoms. The van der Waals surface area contributed by atoms with Crippen molar-refractivity contribution < 1.29 is 23.8 Å². The molecule has 142 valence electrons. The number of nitrogens with zero attached hydrogens (tertiary/aromatic N) is 2. The summed E-state index contributed by atoms with van der Waals surface area (Å²) in [5.41, 5.74) is 3.66. The summed E-state index contributed by atoms with van der Waals surface area (Å²) in [5.74, 6) is 0.204. The molecule has 2 aromatic carbocycles. The summed E-state index contributed by atoms with van der Waals surface area (Å²) in [5, 5.41) is 0. The van der Waals surface area contributed by atoms with E-state index < -0.39 is 5.97 Å². The lowest BCUT2D eigenvalue weighted by molar-refractivity contribution is 0.0474. The van der Waals surface area contributed by atoms with E-state index in [1.54, 1.807) is 36.4 Å². The largest absolute Gasteiger partial charge is 0.486 e. The Kier molecular flexibility index (Phi) is 4.65. The van der Waals surface area contributed by atoms with Gasteiger partial charge < -0.3 is 14.2 Å². The fourth-order valence-electron chi connectivity index (χ4n) is 2.87. The van der Waals surface area contributed by atoms with E-state index in [2.05, 4.69) is 9.97 Å². The molecule has 4 rings (SSSR count). The second-order valence-electron chi connectivity index (χ2n) is 6.46. The molecule has 0 saturated carbocycles. The minimum absolute atomic E-state index is 0.319. The maximum atomic E-state index is 12.4. The van der Waals surface area contributed by atoms with Crippen LogP contribution in [0, 0.1) is 13.8 Å². The first-order valence-electron chi connectivity index (χ1n) is 8.86. The molecule has 0 atom stereocenters. The molecule has 0 amide bonds. The number of ketones is 1. The van der Waals surface area contributed by atoms with Gasteiger partial charge in [-0.2, -0.15) is 0 Å². The number of benzene rings is 2. The minimum Gasteiger partial charge on any atom is -0.486 e. The predicted molar refractivity (Wildman–Crippen MR) is 101 cm³/mol. The normalized spacial score (nSPS) is 12.6. The van der Waals surface area contributed by atoms with Gasteiger partial charge in [0.05, 0.1) is 28.0 Å². The molecule has 0 bridgehead atoms. The standard InChI is InChI=1S/C21H18N2O5/c1-12-13(2)23-17-9-15(3-5-16(17)22-12)21(25)28-11-18(24)14-4-6-19-20(10-14)27-8-7-26-19/h3-6,9-10H,7-8,11H2,1-2H3. The Morgan fingerprint density at radius 3 is 2.36 bits per heavy atom. The van der Waals surface area contributed by atoms with Gasteiger partial charge in [0.1, 0.15) is 13.2 Å². The van der Waals surface area contributed by atoms with Crippen LogP contribution < -0.4 is 9.47 Å². The monoisotopic (exact) mass is 378 g/mol. The zero-order valence-corrected chi connectivity index (χ0v) is 15.5. The number of aryl methyl sites for hydroxylation is 2. The summed E-state index contributed by atoms with van der Waals surface area (Å²) in [6.07, 6.45) is 0. The van der Waals surface area contributed by atoms with Gasteiger partial charge in [0, 0.05) is 5.56 Å². The van der Waals surface area contributed by atoms with Crippen LogP contribution in [0.15, 0.2) is 36.4 Å². The van der Waals surface area contributed by atoms with Crippen LogP contribution in [0.4, 0.5) is 0 Å². The van der Waals surface area contributed by atoms with E-state index in [-0.39, 0.29) is 12.4 Å². The number of Topliss-reactive ketones (excluding diaryl/α,β-unsaturated/α-hetero) is 1. The van der Waals surface area contributed by atoms with Crippen LogP contribution in [0.5, 0.6) is 11.5 Å². The van der Waals surface area contributed by atoms with E-state index in [4.69, 9.17) is 14.2 Å². The summed E-state index contributed by atoms with van der Waals surface area (Å²) < 4.78 is 16.1. The van der Waals surface area contributed by atoms with Crippen molar-refractivity contribution in [3.05, 3.63) is 58.9 Å². The molecule has 0 unspecified atom stereocenters. The van der Waals surface area contributed by atoms with Crippen LogP contribution in [0.2, 0.25) is 0 Å². The molecule has 1 aromatic heterocycles. The Hall–Kier alpha value is -3.48. The van der Waals surface area contributed by atoms with Gasteiger partial charge in [-0.15, -0.1) is 0 Å². The predicted octanol–water partition coefficient (Wildman–Crippen LogP) is 3.06. The SMILES string of the molecule is Cc1nc2ccc(C(=O)OCC(=O)c3ccc4c(c3)OCCO4)cc2nc1C. The lowest BCUT2D eigenvalue weighted by atomic mass is 10.1. The highest BCUT2D eigenvalue weighted by Crippen LogP contribution is 2.30. The maximum absolute atomic E-state index is 12.4. The maximum Gasteiger partial charge on any atom is 0.338 e. The van der Waals surface area contributed by atoms with Crippen LogP contribution in [-0.4, -0.2) is 41.5 Å². The fourth-order valence-corrected chi connectivity index (χ4v) is 2.87. The molecule has 2 heterocycles. The highest BCUT2D eigenvalue weighted by Gasteiger charge is 2.17. The Morgan fingerprint density at radius 1 is 0.893 bits per heavy atom. The first-order chi connectivity index (χ1) is 13.5. The van der Waals surface area contributed by atoms with E-state index in [0.717, 1.165) is 11.4 Å². The average Bonchev–Trinajstić information content (AvgIpc) is 2.72. The quantitative estimate of drug-likeness (QED) is 0.509. The molecule has 3 aromatic rings. The molecule has 1 aliphatic rings. The number of hydrogen-bond donors (Lipinski definition) is 0. The Bertz CT molecular complexity index is 1090. The van der Waals surface area contributed by atoms with Gasteiger partial charge in [-0.25, -0.2) is 14.8 Å². The Morgan fingerprint density at radius 2 is 1.57 bits per heavy atom. The molecular weight excluding hydrogens is 360 g/mol. The van der Waals surface area contributed by atoms with E-state index in [0.29, 0.717) is 46.9 Å². The van der Waals surface area contributed by atoms with Crippen molar-refractivity contribution in [3.63, 3.8) is 0 Å². The lowest BCUT2D eigenvalue weighted by Crippen LogP contribution is -2.17. The lowest BCUT2D eigenvalue weighted by Gasteiger charge is -2.18. The zero-order chi connectivity index (χ0) is 19.7. The van der Waals surface area contributed by atoms with E-state index in [1.807, 2.05) is 13.8 Å². The van der Waals surface area contributed by atoms with E-state index >= 15 is 0 Å². The number of rotatable bonds is 4. The van der Waals surface area contributed by atoms with Crippen LogP contribution in [0.25, 0.3) is 11.0 Å². The molecule has 0 N–H and O–H groups in total. The number of carbonyl (C=O) groups is 2. The van der Waals surface area contributed by atoms with Crippen molar-refractivity contribution in [1.29, 1.82) is 0 Å². The molecule has 1 aliphatic heterocycles. The van der Waals surface area contributed by atoms with E-state index in [9.17, 15) is 9.59 Å². The first-order valence-corrected chi connectivity index (χ1v) is 8.86. The summed E-state index contributed by atoms with van der Waals surface area (Å²) in [6, 6.07) is 9.85. The molecule has 7 nitrogen and oxygen atoms in total. The molecule has 0 aliphatic carbocycles. The van der Waals surface area contributed by atoms with Gasteiger partial charge >= 0.3 is 5.97 Å². The molecule has 0 fully saturated rings. The van der Waals surface area contributed by atoms with E-state index in [1.165, 1.54) is 0 Å². The zero-order valence-electron chi connectivity index (χ0n) is 15.5. The highest BCUT2D eigenvalue weighted by molar-refractivity contribution is 6.00. The summed E-state index contributed by atoms with van der Waals surface area (Å²) >= 11 is 0. The number of carbonyl (C=O) groups excluding carboxylic acids is 2. The summed E-state index contributed by atoms with van der Waals surface area (Å²) in [4.78, 5) is 33.6. The van der Waals surface area contributed by atoms with Gasteiger partial charge in [-0.3, -0.25) is 4.79 Å². The third kappa shape index (κ3) is 3.51. The summed E-state index contributed by atoms with van der Waals surface area (Å²) in [6.45, 7) is 4.29. The molecule has 28 heavy (non-hydrogen) atoms. The first kappa shape index (κ1) is 17.9. The van der Waals surface area contributed by atoms with Crippen LogP contribution in [-0.2, 0) is 4.74 Å². The second-order valence-corrected chi connectivity index (χ2v) is 6.46. The van der Waals surface area contributed by atoms with Gasteiger partial charge in [0.2, 0.25) is 0 Å². The number of esters is 1. The topological polar surface area (TPSA) is 87.6 Å². The van der Waals surface area contributed by atoms with Crippen molar-refractivity contribution in [2.45, 2.75) is 13.8 Å². The number of ether oxygens (including phenoxy) is 3. The Balaban J connectivity index is 1.46. The van der Waals surface area contributed by atoms with Gasteiger partial charge in [0.15, 0.2) is 23.9 Å². The van der Waals surface area contributed by atoms with Gasteiger partial charge in [-0.05, 0) is 50.2 Å². The van der Waals surface area contributed by atoms with Crippen molar-refractivity contribution in [1.82, 2.24) is 9.97 Å². The van der Waals surface area contributed by atoms with Crippen molar-refractivity contribution >= 4 is 22.8 Å². The summed E-state index contributed by atoms with van der Waals surface area (Å²) in [7, 11) is 0. The fraction of sp³-hybridized carbons (Fsp3) is 0.238. The molecule has 0 saturated heterocycles. The molecular formula is C21H18N2O5. The molecule has 7 heteroatoms. The molecule has 0 radical (unpaired) electrons. The third-order valence-electron chi connectivity index (χ3n) is 4.51. The minimum atomic E-state index is -0.590. The Labute approximate surface area is 161 Å².